The Hall–Kier alpha value is -2.38. The van der Waals surface area contributed by atoms with E-state index in [-0.39, 0.29) is 17.5 Å². The van der Waals surface area contributed by atoms with Crippen LogP contribution in [0.15, 0.2) is 9.21 Å². The van der Waals surface area contributed by atoms with E-state index in [0.29, 0.717) is 32.0 Å². The number of hydrogen-bond acceptors (Lipinski definition) is 5. The summed E-state index contributed by atoms with van der Waals surface area (Å²) in [6.45, 7) is 1.61. The van der Waals surface area contributed by atoms with Gasteiger partial charge in [0, 0.05) is 38.9 Å². The second kappa shape index (κ2) is 5.82. The van der Waals surface area contributed by atoms with Crippen molar-refractivity contribution in [1.82, 2.24) is 24.2 Å². The monoisotopic (exact) mass is 357 g/mol. The van der Waals surface area contributed by atoms with Gasteiger partial charge in [0.15, 0.2) is 5.89 Å². The first kappa shape index (κ1) is 15.8. The lowest BCUT2D eigenvalue weighted by molar-refractivity contribution is -0.137. The molecule has 0 spiro atoms. The summed E-state index contributed by atoms with van der Waals surface area (Å²) >= 11 is 0. The molecule has 3 aliphatic rings. The molecule has 8 heteroatoms. The van der Waals surface area contributed by atoms with E-state index >= 15 is 0 Å². The predicted molar refractivity (Wildman–Crippen MR) is 91.5 cm³/mol. The van der Waals surface area contributed by atoms with E-state index in [0.717, 1.165) is 48.9 Å². The molecule has 0 radical (unpaired) electrons. The summed E-state index contributed by atoms with van der Waals surface area (Å²) in [4.78, 5) is 31.7. The Kier molecular flexibility index (Phi) is 3.55. The molecule has 5 rings (SSSR count). The van der Waals surface area contributed by atoms with Crippen molar-refractivity contribution < 1.29 is 9.21 Å². The van der Waals surface area contributed by atoms with Crippen molar-refractivity contribution in [3.8, 4) is 0 Å². The van der Waals surface area contributed by atoms with Crippen LogP contribution in [0.4, 0.5) is 0 Å². The summed E-state index contributed by atoms with van der Waals surface area (Å²) in [6, 6.07) is 0. The number of aryl methyl sites for hydroxylation is 2. The van der Waals surface area contributed by atoms with Crippen molar-refractivity contribution in [3.05, 3.63) is 33.7 Å². The maximum Gasteiger partial charge on any atom is 0.345 e. The molecular weight excluding hydrogens is 334 g/mol. The standard InChI is InChI=1S/C18H23N5O3/c1-21-18(25)23-9-12(5-6-15(23)20-21)17(24)22-8-7-14-13(10-22)19-16(26-14)11-3-2-4-11/h11-12H,2-10H2,1H3. The maximum atomic E-state index is 13.0. The second-order valence-electron chi connectivity index (χ2n) is 7.73. The molecular formula is C18H23N5O3. The van der Waals surface area contributed by atoms with Gasteiger partial charge in [0.2, 0.25) is 5.91 Å². The Balaban J connectivity index is 1.31. The predicted octanol–water partition coefficient (Wildman–Crippen LogP) is 0.985. The van der Waals surface area contributed by atoms with Crippen molar-refractivity contribution in [2.75, 3.05) is 6.54 Å². The van der Waals surface area contributed by atoms with Crippen LogP contribution in [0.2, 0.25) is 0 Å². The summed E-state index contributed by atoms with van der Waals surface area (Å²) < 4.78 is 8.94. The molecule has 2 aromatic rings. The molecule has 138 valence electrons. The van der Waals surface area contributed by atoms with E-state index in [1.54, 1.807) is 11.6 Å². The number of oxazole rings is 1. The molecule has 0 aromatic carbocycles. The first-order valence-electron chi connectivity index (χ1n) is 9.50. The molecule has 26 heavy (non-hydrogen) atoms. The lowest BCUT2D eigenvalue weighted by atomic mass is 9.85. The maximum absolute atomic E-state index is 13.0. The number of rotatable bonds is 2. The minimum absolute atomic E-state index is 0.116. The molecule has 0 bridgehead atoms. The third-order valence-corrected chi connectivity index (χ3v) is 6.06. The Morgan fingerprint density at radius 3 is 2.85 bits per heavy atom. The van der Waals surface area contributed by atoms with Crippen LogP contribution >= 0.6 is 0 Å². The lowest BCUT2D eigenvalue weighted by Crippen LogP contribution is -2.43. The summed E-state index contributed by atoms with van der Waals surface area (Å²) in [5.74, 6) is 3.02. The highest BCUT2D eigenvalue weighted by Crippen LogP contribution is 2.37. The van der Waals surface area contributed by atoms with E-state index < -0.39 is 0 Å². The van der Waals surface area contributed by atoms with Gasteiger partial charge >= 0.3 is 5.69 Å². The van der Waals surface area contributed by atoms with E-state index in [4.69, 9.17) is 4.42 Å². The Labute approximate surface area is 150 Å². The fourth-order valence-corrected chi connectivity index (χ4v) is 4.23. The van der Waals surface area contributed by atoms with Gasteiger partial charge in [0.05, 0.1) is 12.5 Å². The van der Waals surface area contributed by atoms with Gasteiger partial charge in [-0.25, -0.2) is 14.5 Å². The minimum atomic E-state index is -0.163. The van der Waals surface area contributed by atoms with E-state index in [2.05, 4.69) is 10.1 Å². The number of aromatic nitrogens is 4. The Morgan fingerprint density at radius 1 is 1.23 bits per heavy atom. The normalized spacial score (nSPS) is 22.7. The summed E-state index contributed by atoms with van der Waals surface area (Å²) in [5.41, 5.74) is 0.779. The van der Waals surface area contributed by atoms with Crippen LogP contribution in [0.1, 0.15) is 54.8 Å². The molecule has 1 unspecified atom stereocenters. The van der Waals surface area contributed by atoms with Crippen LogP contribution in [-0.4, -0.2) is 36.7 Å². The van der Waals surface area contributed by atoms with Crippen LogP contribution in [0.5, 0.6) is 0 Å². The van der Waals surface area contributed by atoms with Crippen molar-refractivity contribution in [2.24, 2.45) is 13.0 Å². The highest BCUT2D eigenvalue weighted by molar-refractivity contribution is 5.79. The van der Waals surface area contributed by atoms with Crippen LogP contribution in [0.3, 0.4) is 0 Å². The van der Waals surface area contributed by atoms with Gasteiger partial charge in [-0.15, -0.1) is 0 Å². The third kappa shape index (κ3) is 2.42. The summed E-state index contributed by atoms with van der Waals surface area (Å²) in [5, 5.41) is 4.24. The second-order valence-corrected chi connectivity index (χ2v) is 7.73. The number of amides is 1. The molecule has 8 nitrogen and oxygen atoms in total. The van der Waals surface area contributed by atoms with Gasteiger partial charge in [0.1, 0.15) is 17.3 Å². The summed E-state index contributed by atoms with van der Waals surface area (Å²) in [6.07, 6.45) is 5.70. The lowest BCUT2D eigenvalue weighted by Gasteiger charge is -2.31. The number of hydrogen-bond donors (Lipinski definition) is 0. The average Bonchev–Trinajstić information content (AvgIpc) is 3.13. The molecule has 1 atom stereocenters. The quantitative estimate of drug-likeness (QED) is 0.800. The average molecular weight is 357 g/mol. The number of carbonyl (C=O) groups is 1. The summed E-state index contributed by atoms with van der Waals surface area (Å²) in [7, 11) is 1.65. The van der Waals surface area contributed by atoms with Crippen LogP contribution < -0.4 is 5.69 Å². The first-order chi connectivity index (χ1) is 12.6. The van der Waals surface area contributed by atoms with Gasteiger partial charge in [-0.3, -0.25) is 9.36 Å². The van der Waals surface area contributed by atoms with Crippen molar-refractivity contribution >= 4 is 5.91 Å². The molecule has 2 aliphatic heterocycles. The van der Waals surface area contributed by atoms with Gasteiger partial charge < -0.3 is 9.32 Å². The van der Waals surface area contributed by atoms with Crippen LogP contribution in [0.25, 0.3) is 0 Å². The van der Waals surface area contributed by atoms with Gasteiger partial charge in [-0.2, -0.15) is 5.10 Å². The minimum Gasteiger partial charge on any atom is -0.445 e. The zero-order valence-corrected chi connectivity index (χ0v) is 15.0. The highest BCUT2D eigenvalue weighted by atomic mass is 16.4. The van der Waals surface area contributed by atoms with E-state index in [1.807, 2.05) is 4.90 Å². The smallest absolute Gasteiger partial charge is 0.345 e. The van der Waals surface area contributed by atoms with E-state index in [1.165, 1.54) is 11.1 Å². The van der Waals surface area contributed by atoms with Crippen LogP contribution in [0, 0.1) is 5.92 Å². The van der Waals surface area contributed by atoms with Crippen molar-refractivity contribution in [3.63, 3.8) is 0 Å². The Bertz CT molecular complexity index is 920. The molecule has 1 saturated carbocycles. The first-order valence-corrected chi connectivity index (χ1v) is 9.50. The van der Waals surface area contributed by atoms with Crippen LogP contribution in [-0.2, 0) is 37.8 Å². The molecule has 2 aromatic heterocycles. The largest absolute Gasteiger partial charge is 0.445 e. The van der Waals surface area contributed by atoms with Crippen molar-refractivity contribution in [2.45, 2.75) is 57.5 Å². The molecule has 0 saturated heterocycles. The highest BCUT2D eigenvalue weighted by Gasteiger charge is 2.34. The van der Waals surface area contributed by atoms with Gasteiger partial charge in [-0.1, -0.05) is 6.42 Å². The van der Waals surface area contributed by atoms with Gasteiger partial charge in [0.25, 0.3) is 0 Å². The fourth-order valence-electron chi connectivity index (χ4n) is 4.23. The third-order valence-electron chi connectivity index (χ3n) is 6.06. The zero-order chi connectivity index (χ0) is 17.8. The number of nitrogens with zero attached hydrogens (tertiary/aromatic N) is 5. The molecule has 0 N–H and O–H groups in total. The van der Waals surface area contributed by atoms with E-state index in [9.17, 15) is 9.59 Å². The molecule has 1 fully saturated rings. The molecule has 4 heterocycles. The van der Waals surface area contributed by atoms with Crippen molar-refractivity contribution in [1.29, 1.82) is 0 Å². The van der Waals surface area contributed by atoms with Gasteiger partial charge in [-0.05, 0) is 19.3 Å². The fraction of sp³-hybridized carbons (Fsp3) is 0.667. The number of carbonyl (C=O) groups excluding carboxylic acids is 1. The molecule has 1 aliphatic carbocycles. The zero-order valence-electron chi connectivity index (χ0n) is 15.0. The Morgan fingerprint density at radius 2 is 2.08 bits per heavy atom. The number of fused-ring (bicyclic) bond motifs is 2. The topological polar surface area (TPSA) is 86.2 Å². The molecule has 1 amide bonds. The SMILES string of the molecule is Cn1nc2n(c1=O)CC(C(=O)N1CCc3oc(C4CCC4)nc3C1)CC2.